The van der Waals surface area contributed by atoms with Gasteiger partial charge in [-0.05, 0) is 48.0 Å². The Labute approximate surface area is 203 Å². The highest BCUT2D eigenvalue weighted by atomic mass is 35.5. The fourth-order valence-corrected chi connectivity index (χ4v) is 3.28. The van der Waals surface area contributed by atoms with Gasteiger partial charge in [0.05, 0.1) is 6.54 Å². The maximum atomic E-state index is 13.2. The molecule has 178 valence electrons. The van der Waals surface area contributed by atoms with E-state index < -0.39 is 17.3 Å². The van der Waals surface area contributed by atoms with Gasteiger partial charge < -0.3 is 15.8 Å². The third-order valence-corrected chi connectivity index (χ3v) is 5.12. The Bertz CT molecular complexity index is 1440. The van der Waals surface area contributed by atoms with Crippen LogP contribution in [0.2, 0.25) is 5.02 Å². The van der Waals surface area contributed by atoms with Crippen LogP contribution >= 0.6 is 11.6 Å². The van der Waals surface area contributed by atoms with E-state index in [4.69, 9.17) is 22.1 Å². The lowest BCUT2D eigenvalue weighted by atomic mass is 10.2. The predicted molar refractivity (Wildman–Crippen MR) is 129 cm³/mol. The standard InChI is InChI=1S/C23H20ClN7O4/c24-16-5-3-15(4-6-16)14-31-21(28-22(33)30(23(31)34)13-11-19(25)32)27-17-7-9-18(10-8-17)35-20-2-1-12-26-29-20/h1-10,12H,11,13-14H2,(H2,25,32)(H,27,28,33). The summed E-state index contributed by atoms with van der Waals surface area (Å²) in [6.07, 6.45) is 1.37. The smallest absolute Gasteiger partial charge is 0.354 e. The number of nitrogens with zero attached hydrogens (tertiary/aromatic N) is 5. The monoisotopic (exact) mass is 493 g/mol. The summed E-state index contributed by atoms with van der Waals surface area (Å²) in [5.41, 5.74) is 5.07. The van der Waals surface area contributed by atoms with E-state index in [9.17, 15) is 14.4 Å². The van der Waals surface area contributed by atoms with E-state index in [1.165, 1.54) is 10.8 Å². The van der Waals surface area contributed by atoms with Crippen LogP contribution in [0, 0.1) is 0 Å². The SMILES string of the molecule is NC(=O)CCn1c(=O)nc(Nc2ccc(Oc3cccnn3)cc2)n(Cc2ccc(Cl)cc2)c1=O. The van der Waals surface area contributed by atoms with Crippen molar-refractivity contribution in [1.82, 2.24) is 24.3 Å². The number of nitrogens with two attached hydrogens (primary N) is 1. The first-order valence-electron chi connectivity index (χ1n) is 10.5. The van der Waals surface area contributed by atoms with Crippen LogP contribution in [0.15, 0.2) is 76.4 Å². The van der Waals surface area contributed by atoms with E-state index in [0.717, 1.165) is 10.1 Å². The molecular weight excluding hydrogens is 474 g/mol. The predicted octanol–water partition coefficient (Wildman–Crippen LogP) is 2.31. The number of anilines is 2. The van der Waals surface area contributed by atoms with Crippen molar-refractivity contribution in [1.29, 1.82) is 0 Å². The molecule has 1 amide bonds. The summed E-state index contributed by atoms with van der Waals surface area (Å²) in [5.74, 6) is 0.259. The molecule has 12 heteroatoms. The van der Waals surface area contributed by atoms with Crippen molar-refractivity contribution < 1.29 is 9.53 Å². The van der Waals surface area contributed by atoms with Gasteiger partial charge in [0.2, 0.25) is 17.7 Å². The number of hydrogen-bond donors (Lipinski definition) is 2. The fourth-order valence-electron chi connectivity index (χ4n) is 3.15. The number of hydrogen-bond acceptors (Lipinski definition) is 8. The number of rotatable bonds is 9. The second-order valence-corrected chi connectivity index (χ2v) is 7.83. The number of halogens is 1. The quantitative estimate of drug-likeness (QED) is 0.361. The number of carbonyl (C=O) groups is 1. The summed E-state index contributed by atoms with van der Waals surface area (Å²) in [5, 5.41) is 11.2. The van der Waals surface area contributed by atoms with E-state index in [1.54, 1.807) is 60.7 Å². The molecular formula is C23H20ClN7O4. The Morgan fingerprint density at radius 1 is 1.03 bits per heavy atom. The molecule has 35 heavy (non-hydrogen) atoms. The summed E-state index contributed by atoms with van der Waals surface area (Å²) in [7, 11) is 0. The van der Waals surface area contributed by atoms with Crippen LogP contribution < -0.4 is 27.2 Å². The molecule has 0 saturated heterocycles. The van der Waals surface area contributed by atoms with E-state index in [0.29, 0.717) is 22.3 Å². The van der Waals surface area contributed by atoms with Crippen LogP contribution in [-0.2, 0) is 17.9 Å². The van der Waals surface area contributed by atoms with Crippen molar-refractivity contribution in [3.8, 4) is 11.6 Å². The molecule has 0 saturated carbocycles. The zero-order valence-corrected chi connectivity index (χ0v) is 19.1. The van der Waals surface area contributed by atoms with Gasteiger partial charge in [0.1, 0.15) is 5.75 Å². The molecule has 0 aliphatic rings. The number of primary amides is 1. The fraction of sp³-hybridized carbons (Fsp3) is 0.130. The van der Waals surface area contributed by atoms with Crippen molar-refractivity contribution in [2.75, 3.05) is 5.32 Å². The highest BCUT2D eigenvalue weighted by Gasteiger charge is 2.15. The average Bonchev–Trinajstić information content (AvgIpc) is 2.84. The van der Waals surface area contributed by atoms with Gasteiger partial charge in [0.15, 0.2) is 0 Å². The minimum atomic E-state index is -0.797. The first kappa shape index (κ1) is 23.6. The molecule has 0 aliphatic heterocycles. The zero-order valence-electron chi connectivity index (χ0n) is 18.3. The van der Waals surface area contributed by atoms with Gasteiger partial charge in [-0.25, -0.2) is 14.2 Å². The second-order valence-electron chi connectivity index (χ2n) is 7.39. The number of ether oxygens (including phenoxy) is 1. The number of benzene rings is 2. The molecule has 2 heterocycles. The molecule has 0 radical (unpaired) electrons. The Hall–Kier alpha value is -4.51. The molecule has 3 N–H and O–H groups in total. The van der Waals surface area contributed by atoms with Crippen molar-refractivity contribution in [3.05, 3.63) is 98.4 Å². The maximum absolute atomic E-state index is 13.2. The van der Waals surface area contributed by atoms with Crippen LogP contribution in [0.25, 0.3) is 0 Å². The number of aromatic nitrogens is 5. The first-order chi connectivity index (χ1) is 16.9. The van der Waals surface area contributed by atoms with E-state index in [2.05, 4.69) is 20.5 Å². The van der Waals surface area contributed by atoms with E-state index >= 15 is 0 Å². The lowest BCUT2D eigenvalue weighted by Crippen LogP contribution is -2.43. The Morgan fingerprint density at radius 3 is 2.43 bits per heavy atom. The Kier molecular flexibility index (Phi) is 7.17. The van der Waals surface area contributed by atoms with Crippen LogP contribution in [0.3, 0.4) is 0 Å². The Morgan fingerprint density at radius 2 is 1.77 bits per heavy atom. The number of nitrogens with one attached hydrogen (secondary N) is 1. The van der Waals surface area contributed by atoms with Crippen molar-refractivity contribution in [3.63, 3.8) is 0 Å². The lowest BCUT2D eigenvalue weighted by molar-refractivity contribution is -0.118. The summed E-state index contributed by atoms with van der Waals surface area (Å²) in [6.45, 7) is -0.0641. The van der Waals surface area contributed by atoms with Crippen molar-refractivity contribution >= 4 is 29.1 Å². The number of carbonyl (C=O) groups excluding carboxylic acids is 1. The summed E-state index contributed by atoms with van der Waals surface area (Å²) < 4.78 is 7.80. The zero-order chi connectivity index (χ0) is 24.8. The molecule has 11 nitrogen and oxygen atoms in total. The molecule has 2 aromatic carbocycles. The molecule has 4 aromatic rings. The topological polar surface area (TPSA) is 147 Å². The van der Waals surface area contributed by atoms with E-state index in [-0.39, 0.29) is 25.5 Å². The van der Waals surface area contributed by atoms with Crippen LogP contribution in [-0.4, -0.2) is 30.2 Å². The average molecular weight is 494 g/mol. The number of amides is 1. The molecule has 0 spiro atoms. The highest BCUT2D eigenvalue weighted by Crippen LogP contribution is 2.22. The largest absolute Gasteiger partial charge is 0.438 e. The van der Waals surface area contributed by atoms with Crippen molar-refractivity contribution in [2.24, 2.45) is 5.73 Å². The van der Waals surface area contributed by atoms with Crippen LogP contribution in [0.1, 0.15) is 12.0 Å². The van der Waals surface area contributed by atoms with Crippen LogP contribution in [0.4, 0.5) is 11.6 Å². The van der Waals surface area contributed by atoms with Crippen molar-refractivity contribution in [2.45, 2.75) is 19.5 Å². The van der Waals surface area contributed by atoms with E-state index in [1.807, 2.05) is 0 Å². The minimum Gasteiger partial charge on any atom is -0.438 e. The molecule has 0 fully saturated rings. The lowest BCUT2D eigenvalue weighted by Gasteiger charge is -2.16. The first-order valence-corrected chi connectivity index (χ1v) is 10.8. The highest BCUT2D eigenvalue weighted by molar-refractivity contribution is 6.30. The third-order valence-electron chi connectivity index (χ3n) is 4.87. The Balaban J connectivity index is 1.64. The molecule has 0 unspecified atom stereocenters. The van der Waals surface area contributed by atoms with Gasteiger partial charge in [0.25, 0.3) is 0 Å². The molecule has 0 aliphatic carbocycles. The van der Waals surface area contributed by atoms with Gasteiger partial charge in [0, 0.05) is 35.9 Å². The van der Waals surface area contributed by atoms with Gasteiger partial charge >= 0.3 is 11.4 Å². The minimum absolute atomic E-state index is 0.0351. The molecule has 0 bridgehead atoms. The molecule has 4 rings (SSSR count). The van der Waals surface area contributed by atoms with Crippen LogP contribution in [0.5, 0.6) is 11.6 Å². The van der Waals surface area contributed by atoms with Gasteiger partial charge in [-0.15, -0.1) is 5.10 Å². The maximum Gasteiger partial charge on any atom is 0.354 e. The summed E-state index contributed by atoms with van der Waals surface area (Å²) in [4.78, 5) is 41.0. The van der Waals surface area contributed by atoms with Gasteiger partial charge in [-0.3, -0.25) is 9.36 Å². The second kappa shape index (κ2) is 10.6. The summed E-state index contributed by atoms with van der Waals surface area (Å²) >= 11 is 5.97. The van der Waals surface area contributed by atoms with Gasteiger partial charge in [-0.2, -0.15) is 10.1 Å². The molecule has 2 aromatic heterocycles. The van der Waals surface area contributed by atoms with Gasteiger partial charge in [-0.1, -0.05) is 23.7 Å². The summed E-state index contributed by atoms with van der Waals surface area (Å²) in [6, 6.07) is 17.1. The third kappa shape index (κ3) is 6.09. The molecule has 0 atom stereocenters. The normalized spacial score (nSPS) is 10.7.